The van der Waals surface area contributed by atoms with Crippen LogP contribution < -0.4 is 0 Å². The Labute approximate surface area is 98.8 Å². The molecule has 1 atom stereocenters. The van der Waals surface area contributed by atoms with Gasteiger partial charge in [-0.2, -0.15) is 0 Å². The first-order valence-corrected chi connectivity index (χ1v) is 6.33. The molecule has 0 aromatic carbocycles. The third-order valence-electron chi connectivity index (χ3n) is 3.39. The molecule has 94 valence electrons. The van der Waals surface area contributed by atoms with Crippen LogP contribution in [-0.2, 0) is 4.79 Å². The maximum atomic E-state index is 12.0. The fourth-order valence-electron chi connectivity index (χ4n) is 2.17. The Hall–Kier alpha value is -0.410. The van der Waals surface area contributed by atoms with Crippen molar-refractivity contribution >= 4 is 5.78 Å². The molecule has 0 saturated carbocycles. The Morgan fingerprint density at radius 3 is 2.62 bits per heavy atom. The molecule has 1 heterocycles. The van der Waals surface area contributed by atoms with Crippen molar-refractivity contribution in [2.24, 2.45) is 5.41 Å². The molecule has 3 heteroatoms. The zero-order valence-electron chi connectivity index (χ0n) is 10.8. The largest absolute Gasteiger partial charge is 0.396 e. The predicted molar refractivity (Wildman–Crippen MR) is 65.4 cm³/mol. The van der Waals surface area contributed by atoms with Gasteiger partial charge in [0.15, 0.2) is 5.78 Å². The molecular weight excluding hydrogens is 202 g/mol. The Kier molecular flexibility index (Phi) is 4.93. The molecule has 1 unspecified atom stereocenters. The second kappa shape index (κ2) is 5.78. The van der Waals surface area contributed by atoms with Crippen LogP contribution in [0.4, 0.5) is 0 Å². The molecule has 0 amide bonds. The quantitative estimate of drug-likeness (QED) is 0.796. The Morgan fingerprint density at radius 1 is 1.38 bits per heavy atom. The molecule has 1 fully saturated rings. The van der Waals surface area contributed by atoms with E-state index < -0.39 is 0 Å². The van der Waals surface area contributed by atoms with E-state index in [4.69, 9.17) is 5.11 Å². The minimum absolute atomic E-state index is 0.227. The number of rotatable bonds is 4. The van der Waals surface area contributed by atoms with Gasteiger partial charge < -0.3 is 5.11 Å². The van der Waals surface area contributed by atoms with Crippen molar-refractivity contribution in [3.63, 3.8) is 0 Å². The third kappa shape index (κ3) is 3.87. The highest BCUT2D eigenvalue weighted by Crippen LogP contribution is 2.22. The first kappa shape index (κ1) is 13.7. The molecule has 0 aromatic rings. The maximum Gasteiger partial charge on any atom is 0.152 e. The van der Waals surface area contributed by atoms with E-state index in [0.717, 1.165) is 19.4 Å². The van der Waals surface area contributed by atoms with Crippen LogP contribution in [0.1, 0.15) is 46.5 Å². The van der Waals surface area contributed by atoms with Crippen molar-refractivity contribution in [2.45, 2.75) is 52.5 Å². The highest BCUT2D eigenvalue weighted by atomic mass is 16.3. The molecular formula is C13H25NO2. The van der Waals surface area contributed by atoms with Crippen LogP contribution in [0.15, 0.2) is 0 Å². The molecule has 0 spiro atoms. The van der Waals surface area contributed by atoms with Gasteiger partial charge in [0.05, 0.1) is 6.54 Å². The van der Waals surface area contributed by atoms with E-state index in [1.54, 1.807) is 0 Å². The standard InChI is InChI=1S/C13H25NO2/c1-13(2,3)12(16)10-14-8-5-4-6-11(14)7-9-15/h11,15H,4-10H2,1-3H3. The molecule has 0 aromatic heterocycles. The number of aliphatic hydroxyl groups is 1. The summed E-state index contributed by atoms with van der Waals surface area (Å²) in [5, 5.41) is 9.02. The van der Waals surface area contributed by atoms with Crippen molar-refractivity contribution in [3.05, 3.63) is 0 Å². The summed E-state index contributed by atoms with van der Waals surface area (Å²) in [5.74, 6) is 0.303. The summed E-state index contributed by atoms with van der Waals surface area (Å²) in [5.41, 5.74) is -0.249. The van der Waals surface area contributed by atoms with Gasteiger partial charge in [-0.3, -0.25) is 9.69 Å². The summed E-state index contributed by atoms with van der Waals surface area (Å²) in [6.45, 7) is 7.70. The van der Waals surface area contributed by atoms with Gasteiger partial charge in [0, 0.05) is 18.1 Å². The number of carbonyl (C=O) groups excluding carboxylic acids is 1. The van der Waals surface area contributed by atoms with E-state index in [1.165, 1.54) is 12.8 Å². The third-order valence-corrected chi connectivity index (χ3v) is 3.39. The normalized spacial score (nSPS) is 23.4. The average molecular weight is 227 g/mol. The number of aliphatic hydroxyl groups excluding tert-OH is 1. The van der Waals surface area contributed by atoms with Crippen molar-refractivity contribution in [1.29, 1.82) is 0 Å². The van der Waals surface area contributed by atoms with E-state index in [9.17, 15) is 4.79 Å². The first-order valence-electron chi connectivity index (χ1n) is 6.33. The molecule has 3 nitrogen and oxygen atoms in total. The van der Waals surface area contributed by atoms with Crippen LogP contribution in [0.25, 0.3) is 0 Å². The molecule has 1 rings (SSSR count). The smallest absolute Gasteiger partial charge is 0.152 e. The van der Waals surface area contributed by atoms with E-state index in [1.807, 2.05) is 20.8 Å². The molecule has 1 aliphatic rings. The lowest BCUT2D eigenvalue weighted by molar-refractivity contribution is -0.128. The van der Waals surface area contributed by atoms with Crippen molar-refractivity contribution in [2.75, 3.05) is 19.7 Å². The number of piperidine rings is 1. The number of hydrogen-bond acceptors (Lipinski definition) is 3. The molecule has 0 aliphatic carbocycles. The van der Waals surface area contributed by atoms with Crippen LogP contribution in [0, 0.1) is 5.41 Å². The minimum Gasteiger partial charge on any atom is -0.396 e. The molecule has 0 radical (unpaired) electrons. The van der Waals surface area contributed by atoms with Crippen LogP contribution in [0.2, 0.25) is 0 Å². The lowest BCUT2D eigenvalue weighted by atomic mass is 9.89. The van der Waals surface area contributed by atoms with Crippen LogP contribution in [0.5, 0.6) is 0 Å². The van der Waals surface area contributed by atoms with Crippen LogP contribution in [0.3, 0.4) is 0 Å². The topological polar surface area (TPSA) is 40.5 Å². The van der Waals surface area contributed by atoms with Gasteiger partial charge in [-0.1, -0.05) is 27.2 Å². The maximum absolute atomic E-state index is 12.0. The second-order valence-electron chi connectivity index (χ2n) is 5.81. The average Bonchev–Trinajstić information content (AvgIpc) is 2.20. The Balaban J connectivity index is 2.52. The van der Waals surface area contributed by atoms with Crippen molar-refractivity contribution in [3.8, 4) is 0 Å². The number of carbonyl (C=O) groups is 1. The number of nitrogens with zero attached hydrogens (tertiary/aromatic N) is 1. The van der Waals surface area contributed by atoms with Gasteiger partial charge in [-0.05, 0) is 25.8 Å². The summed E-state index contributed by atoms with van der Waals surface area (Å²) in [7, 11) is 0. The number of ketones is 1. The molecule has 1 aliphatic heterocycles. The van der Waals surface area contributed by atoms with Gasteiger partial charge in [0.2, 0.25) is 0 Å². The second-order valence-corrected chi connectivity index (χ2v) is 5.81. The minimum atomic E-state index is -0.249. The van der Waals surface area contributed by atoms with Gasteiger partial charge in [0.1, 0.15) is 0 Å². The first-order chi connectivity index (χ1) is 7.45. The fourth-order valence-corrected chi connectivity index (χ4v) is 2.17. The highest BCUT2D eigenvalue weighted by molar-refractivity contribution is 5.85. The number of likely N-dealkylation sites (tertiary alicyclic amines) is 1. The highest BCUT2D eigenvalue weighted by Gasteiger charge is 2.28. The van der Waals surface area contributed by atoms with E-state index >= 15 is 0 Å². The van der Waals surface area contributed by atoms with E-state index in [-0.39, 0.29) is 12.0 Å². The van der Waals surface area contributed by atoms with Gasteiger partial charge in [-0.15, -0.1) is 0 Å². The fraction of sp³-hybridized carbons (Fsp3) is 0.923. The zero-order valence-corrected chi connectivity index (χ0v) is 10.8. The van der Waals surface area contributed by atoms with Crippen molar-refractivity contribution < 1.29 is 9.90 Å². The summed E-state index contributed by atoms with van der Waals surface area (Å²) in [4.78, 5) is 14.2. The Morgan fingerprint density at radius 2 is 2.06 bits per heavy atom. The monoisotopic (exact) mass is 227 g/mol. The number of hydrogen-bond donors (Lipinski definition) is 1. The summed E-state index contributed by atoms with van der Waals surface area (Å²) < 4.78 is 0. The molecule has 16 heavy (non-hydrogen) atoms. The van der Waals surface area contributed by atoms with Crippen LogP contribution >= 0.6 is 0 Å². The van der Waals surface area contributed by atoms with Crippen molar-refractivity contribution in [1.82, 2.24) is 4.90 Å². The SMILES string of the molecule is CC(C)(C)C(=O)CN1CCCCC1CCO. The Bertz CT molecular complexity index is 231. The predicted octanol–water partition coefficient (Wildman–Crippen LogP) is 1.84. The zero-order chi connectivity index (χ0) is 12.2. The summed E-state index contributed by atoms with van der Waals surface area (Å²) in [6.07, 6.45) is 4.33. The van der Waals surface area contributed by atoms with E-state index in [0.29, 0.717) is 18.4 Å². The lowest BCUT2D eigenvalue weighted by Gasteiger charge is -2.36. The van der Waals surface area contributed by atoms with Gasteiger partial charge >= 0.3 is 0 Å². The molecule has 0 bridgehead atoms. The molecule has 1 saturated heterocycles. The van der Waals surface area contributed by atoms with E-state index in [2.05, 4.69) is 4.90 Å². The van der Waals surface area contributed by atoms with Crippen LogP contribution in [-0.4, -0.2) is 41.5 Å². The van der Waals surface area contributed by atoms with Gasteiger partial charge in [0.25, 0.3) is 0 Å². The summed E-state index contributed by atoms with van der Waals surface area (Å²) in [6, 6.07) is 0.407. The number of Topliss-reactive ketones (excluding diaryl/α,β-unsaturated/α-hetero) is 1. The van der Waals surface area contributed by atoms with Gasteiger partial charge in [-0.25, -0.2) is 0 Å². The molecule has 1 N–H and O–H groups in total. The lowest BCUT2D eigenvalue weighted by Crippen LogP contribution is -2.45. The summed E-state index contributed by atoms with van der Waals surface area (Å²) >= 11 is 0.